The molecule has 2 N–H and O–H groups in total. The molecule has 0 radical (unpaired) electrons. The first kappa shape index (κ1) is 20.3. The fourth-order valence-electron chi connectivity index (χ4n) is 3.89. The number of H-pyrrole nitrogens is 1. The number of carbonyl (C=O) groups is 1. The Labute approximate surface area is 178 Å². The van der Waals surface area contributed by atoms with Gasteiger partial charge in [0.1, 0.15) is 10.7 Å². The topological polar surface area (TPSA) is 78.1 Å². The fourth-order valence-corrected chi connectivity index (χ4v) is 5.69. The zero-order chi connectivity index (χ0) is 20.7. The summed E-state index contributed by atoms with van der Waals surface area (Å²) in [5.74, 6) is 0.745. The molecule has 4 heterocycles. The highest BCUT2D eigenvalue weighted by atomic mass is 32.1. The minimum absolute atomic E-state index is 0.0227. The number of piperidine rings is 1. The molecule has 1 aliphatic heterocycles. The molecule has 4 rings (SSSR count). The molecule has 1 amide bonds. The second-order valence-corrected chi connectivity index (χ2v) is 10.3. The van der Waals surface area contributed by atoms with Gasteiger partial charge in [0.2, 0.25) is 0 Å². The molecular weight excluding hydrogens is 404 g/mol. The van der Waals surface area contributed by atoms with Crippen molar-refractivity contribution < 1.29 is 4.79 Å². The highest BCUT2D eigenvalue weighted by molar-refractivity contribution is 7.18. The Balaban J connectivity index is 1.41. The molecule has 0 spiro atoms. The molecule has 1 unspecified atom stereocenters. The van der Waals surface area contributed by atoms with E-state index in [9.17, 15) is 9.59 Å². The quantitative estimate of drug-likeness (QED) is 0.657. The molecule has 154 valence electrons. The van der Waals surface area contributed by atoms with Crippen molar-refractivity contribution in [3.05, 3.63) is 48.5 Å². The lowest BCUT2D eigenvalue weighted by Gasteiger charge is -2.35. The number of aromatic nitrogens is 2. The first-order valence-corrected chi connectivity index (χ1v) is 11.6. The first-order chi connectivity index (χ1) is 13.8. The molecule has 1 aliphatic rings. The maximum atomic E-state index is 12.6. The highest BCUT2D eigenvalue weighted by Crippen LogP contribution is 2.28. The van der Waals surface area contributed by atoms with Gasteiger partial charge in [-0.3, -0.25) is 14.5 Å². The standard InChI is InChI=1S/C21H26N4O2S2/c1-11-5-6-16(28-11)19(26)22-15-7-9-25(10-8-15)13(3)18-23-20(27)17-12(2)14(4)29-21(17)24-18/h5-6,13,15H,7-10H2,1-4H3,(H,22,26)(H,23,24,27). The number of fused-ring (bicyclic) bond motifs is 1. The first-order valence-electron chi connectivity index (χ1n) is 9.94. The Morgan fingerprint density at radius 3 is 2.62 bits per heavy atom. The lowest BCUT2D eigenvalue weighted by atomic mass is 10.0. The van der Waals surface area contributed by atoms with Crippen LogP contribution in [0.1, 0.15) is 56.6 Å². The van der Waals surface area contributed by atoms with E-state index in [1.165, 1.54) is 11.3 Å². The van der Waals surface area contributed by atoms with Crippen LogP contribution in [-0.2, 0) is 0 Å². The third-order valence-electron chi connectivity index (χ3n) is 5.83. The summed E-state index contributed by atoms with van der Waals surface area (Å²) < 4.78 is 0. The summed E-state index contributed by atoms with van der Waals surface area (Å²) in [5, 5.41) is 3.88. The molecule has 0 saturated carbocycles. The van der Waals surface area contributed by atoms with Crippen molar-refractivity contribution in [1.82, 2.24) is 20.2 Å². The molecule has 1 atom stereocenters. The summed E-state index contributed by atoms with van der Waals surface area (Å²) in [6.45, 7) is 9.83. The minimum atomic E-state index is -0.0490. The monoisotopic (exact) mass is 430 g/mol. The SMILES string of the molecule is Cc1ccc(C(=O)NC2CCN(C(C)c3nc4sc(C)c(C)c4c(=O)[nH]3)CC2)s1. The molecule has 0 aromatic carbocycles. The summed E-state index contributed by atoms with van der Waals surface area (Å²) in [7, 11) is 0. The van der Waals surface area contributed by atoms with Crippen LogP contribution in [0, 0.1) is 20.8 Å². The second kappa shape index (κ2) is 8.01. The summed E-state index contributed by atoms with van der Waals surface area (Å²) in [4.78, 5) is 38.9. The van der Waals surface area contributed by atoms with Crippen LogP contribution in [0.25, 0.3) is 10.2 Å². The van der Waals surface area contributed by atoms with Crippen molar-refractivity contribution in [2.45, 2.75) is 52.6 Å². The summed E-state index contributed by atoms with van der Waals surface area (Å²) in [6, 6.07) is 4.08. The van der Waals surface area contributed by atoms with Gasteiger partial charge in [0.15, 0.2) is 0 Å². The van der Waals surface area contributed by atoms with Crippen LogP contribution < -0.4 is 10.9 Å². The van der Waals surface area contributed by atoms with E-state index >= 15 is 0 Å². The maximum Gasteiger partial charge on any atom is 0.261 e. The largest absolute Gasteiger partial charge is 0.349 e. The number of aromatic amines is 1. The Morgan fingerprint density at radius 2 is 1.97 bits per heavy atom. The van der Waals surface area contributed by atoms with Crippen LogP contribution in [0.4, 0.5) is 0 Å². The molecule has 8 heteroatoms. The van der Waals surface area contributed by atoms with Gasteiger partial charge in [-0.1, -0.05) is 0 Å². The predicted molar refractivity (Wildman–Crippen MR) is 119 cm³/mol. The number of hydrogen-bond donors (Lipinski definition) is 2. The summed E-state index contributed by atoms with van der Waals surface area (Å²) >= 11 is 3.11. The van der Waals surface area contributed by atoms with Gasteiger partial charge in [-0.15, -0.1) is 22.7 Å². The van der Waals surface area contributed by atoms with Crippen LogP contribution in [0.5, 0.6) is 0 Å². The molecular formula is C21H26N4O2S2. The van der Waals surface area contributed by atoms with Crippen molar-refractivity contribution in [3.8, 4) is 0 Å². The Bertz CT molecular complexity index is 1110. The van der Waals surface area contributed by atoms with E-state index in [4.69, 9.17) is 4.98 Å². The average molecular weight is 431 g/mol. The third-order valence-corrected chi connectivity index (χ3v) is 7.93. The number of amides is 1. The molecule has 0 bridgehead atoms. The average Bonchev–Trinajstić information content (AvgIpc) is 3.25. The molecule has 3 aromatic heterocycles. The van der Waals surface area contributed by atoms with Gasteiger partial charge < -0.3 is 10.3 Å². The van der Waals surface area contributed by atoms with Crippen LogP contribution in [0.15, 0.2) is 16.9 Å². The Morgan fingerprint density at radius 1 is 1.24 bits per heavy atom. The predicted octanol–water partition coefficient (Wildman–Crippen LogP) is 3.93. The maximum absolute atomic E-state index is 12.6. The normalized spacial score (nSPS) is 17.0. The number of hydrogen-bond acceptors (Lipinski definition) is 6. The third kappa shape index (κ3) is 4.01. The number of rotatable bonds is 4. The smallest absolute Gasteiger partial charge is 0.261 e. The van der Waals surface area contributed by atoms with Gasteiger partial charge in [-0.25, -0.2) is 4.98 Å². The van der Waals surface area contributed by atoms with Crippen molar-refractivity contribution in [2.75, 3.05) is 13.1 Å². The van der Waals surface area contributed by atoms with Crippen LogP contribution in [0.2, 0.25) is 0 Å². The zero-order valence-corrected chi connectivity index (χ0v) is 18.8. The number of nitrogens with zero attached hydrogens (tertiary/aromatic N) is 2. The zero-order valence-electron chi connectivity index (χ0n) is 17.2. The number of likely N-dealkylation sites (tertiary alicyclic amines) is 1. The van der Waals surface area contributed by atoms with E-state index in [0.29, 0.717) is 5.39 Å². The molecule has 1 fully saturated rings. The fraction of sp³-hybridized carbons (Fsp3) is 0.476. The van der Waals surface area contributed by atoms with E-state index in [0.717, 1.165) is 56.8 Å². The van der Waals surface area contributed by atoms with Crippen molar-refractivity contribution in [1.29, 1.82) is 0 Å². The van der Waals surface area contributed by atoms with E-state index in [1.807, 2.05) is 32.9 Å². The van der Waals surface area contributed by atoms with Gasteiger partial charge in [-0.2, -0.15) is 0 Å². The number of thiophene rings is 2. The molecule has 0 aliphatic carbocycles. The van der Waals surface area contributed by atoms with E-state index < -0.39 is 0 Å². The minimum Gasteiger partial charge on any atom is -0.349 e. The van der Waals surface area contributed by atoms with Gasteiger partial charge in [0.05, 0.1) is 16.3 Å². The number of aryl methyl sites for hydroxylation is 3. The Hall–Kier alpha value is -2.03. The summed E-state index contributed by atoms with van der Waals surface area (Å²) in [6.07, 6.45) is 1.79. The highest BCUT2D eigenvalue weighted by Gasteiger charge is 2.27. The number of nitrogens with one attached hydrogen (secondary N) is 2. The van der Waals surface area contributed by atoms with Crippen molar-refractivity contribution in [2.24, 2.45) is 0 Å². The van der Waals surface area contributed by atoms with Gasteiger partial charge in [-0.05, 0) is 58.2 Å². The van der Waals surface area contributed by atoms with Crippen LogP contribution in [-0.4, -0.2) is 39.9 Å². The number of carbonyl (C=O) groups excluding carboxylic acids is 1. The Kier molecular flexibility index (Phi) is 5.59. The second-order valence-electron chi connectivity index (χ2n) is 7.78. The van der Waals surface area contributed by atoms with Crippen molar-refractivity contribution in [3.63, 3.8) is 0 Å². The van der Waals surface area contributed by atoms with E-state index in [-0.39, 0.29) is 23.6 Å². The van der Waals surface area contributed by atoms with E-state index in [2.05, 4.69) is 22.1 Å². The van der Waals surface area contributed by atoms with Gasteiger partial charge in [0.25, 0.3) is 11.5 Å². The molecule has 29 heavy (non-hydrogen) atoms. The lowest BCUT2D eigenvalue weighted by molar-refractivity contribution is 0.0897. The van der Waals surface area contributed by atoms with E-state index in [1.54, 1.807) is 11.3 Å². The lowest BCUT2D eigenvalue weighted by Crippen LogP contribution is -2.45. The van der Waals surface area contributed by atoms with Gasteiger partial charge >= 0.3 is 0 Å². The molecule has 1 saturated heterocycles. The van der Waals surface area contributed by atoms with Crippen LogP contribution in [0.3, 0.4) is 0 Å². The van der Waals surface area contributed by atoms with Crippen molar-refractivity contribution >= 4 is 38.8 Å². The summed E-state index contributed by atoms with van der Waals surface area (Å²) in [5.41, 5.74) is 0.975. The molecule has 3 aromatic rings. The van der Waals surface area contributed by atoms with Gasteiger partial charge in [0, 0.05) is 28.9 Å². The molecule has 6 nitrogen and oxygen atoms in total. The van der Waals surface area contributed by atoms with Crippen LogP contribution >= 0.6 is 22.7 Å².